The third kappa shape index (κ3) is 3.10. The molecule has 0 aliphatic rings. The van der Waals surface area contributed by atoms with Crippen molar-refractivity contribution in [2.75, 3.05) is 13.1 Å². The van der Waals surface area contributed by atoms with Crippen LogP contribution in [0, 0.1) is 27.4 Å². The summed E-state index contributed by atoms with van der Waals surface area (Å²) in [5.74, 6) is 0. The fraction of sp³-hybridized carbons (Fsp3) is 0.333. The van der Waals surface area contributed by atoms with Gasteiger partial charge in [0, 0.05) is 25.9 Å². The standard InChI is InChI=1S/C15H14N6S2/c16-7-3-9-19(10-4-8-17)11-20-15(22)21-12-5-1-2-6-13(12)23-14(21)18-20/h1-2,5-6H,3-4,9-11H2. The summed E-state index contributed by atoms with van der Waals surface area (Å²) in [7, 11) is 0. The summed E-state index contributed by atoms with van der Waals surface area (Å²) in [6.07, 6.45) is 0.841. The predicted molar refractivity (Wildman–Crippen MR) is 91.4 cm³/mol. The van der Waals surface area contributed by atoms with Crippen molar-refractivity contribution < 1.29 is 0 Å². The molecule has 1 aromatic carbocycles. The van der Waals surface area contributed by atoms with E-state index in [0.717, 1.165) is 15.2 Å². The fourth-order valence-electron chi connectivity index (χ4n) is 2.44. The molecule has 2 heterocycles. The van der Waals surface area contributed by atoms with Crippen LogP contribution in [0.3, 0.4) is 0 Å². The molecule has 23 heavy (non-hydrogen) atoms. The maximum Gasteiger partial charge on any atom is 0.216 e. The van der Waals surface area contributed by atoms with Gasteiger partial charge in [0.25, 0.3) is 0 Å². The van der Waals surface area contributed by atoms with E-state index in [4.69, 9.17) is 22.7 Å². The molecule has 0 aliphatic heterocycles. The largest absolute Gasteiger partial charge is 0.282 e. The van der Waals surface area contributed by atoms with Crippen LogP contribution in [0.25, 0.3) is 15.2 Å². The van der Waals surface area contributed by atoms with Gasteiger partial charge in [-0.3, -0.25) is 9.30 Å². The van der Waals surface area contributed by atoms with Crippen LogP contribution in [-0.2, 0) is 6.67 Å². The number of aromatic nitrogens is 3. The van der Waals surface area contributed by atoms with E-state index in [1.165, 1.54) is 0 Å². The van der Waals surface area contributed by atoms with Crippen LogP contribution in [-0.4, -0.2) is 32.2 Å². The molecule has 3 rings (SSSR count). The van der Waals surface area contributed by atoms with Crippen molar-refractivity contribution >= 4 is 38.7 Å². The number of nitriles is 2. The molecular weight excluding hydrogens is 328 g/mol. The molecule has 6 nitrogen and oxygen atoms in total. The highest BCUT2D eigenvalue weighted by Crippen LogP contribution is 2.25. The molecule has 0 radical (unpaired) electrons. The number of rotatable bonds is 6. The predicted octanol–water partition coefficient (Wildman–Crippen LogP) is 3.17. The number of benzene rings is 1. The summed E-state index contributed by atoms with van der Waals surface area (Å²) in [5, 5.41) is 22.1. The van der Waals surface area contributed by atoms with E-state index < -0.39 is 0 Å². The Morgan fingerprint density at radius 2 is 1.87 bits per heavy atom. The van der Waals surface area contributed by atoms with E-state index in [1.807, 2.05) is 27.5 Å². The molecule has 116 valence electrons. The Hall–Kier alpha value is -2.26. The molecule has 3 aromatic rings. The summed E-state index contributed by atoms with van der Waals surface area (Å²) >= 11 is 7.17. The van der Waals surface area contributed by atoms with Crippen LogP contribution in [0.4, 0.5) is 0 Å². The average molecular weight is 342 g/mol. The Balaban J connectivity index is 1.93. The third-order valence-corrected chi connectivity index (χ3v) is 4.94. The Morgan fingerprint density at radius 1 is 1.17 bits per heavy atom. The van der Waals surface area contributed by atoms with Crippen LogP contribution < -0.4 is 0 Å². The summed E-state index contributed by atoms with van der Waals surface area (Å²) in [5.41, 5.74) is 1.06. The van der Waals surface area contributed by atoms with Crippen molar-refractivity contribution in [1.29, 1.82) is 10.5 Å². The lowest BCUT2D eigenvalue weighted by Crippen LogP contribution is -2.29. The second-order valence-corrected chi connectivity index (χ2v) is 6.42. The van der Waals surface area contributed by atoms with Gasteiger partial charge in [-0.05, 0) is 24.4 Å². The first kappa shape index (κ1) is 15.6. The van der Waals surface area contributed by atoms with Crippen molar-refractivity contribution in [3.63, 3.8) is 0 Å². The quantitative estimate of drug-likeness (QED) is 0.643. The topological polar surface area (TPSA) is 73.0 Å². The van der Waals surface area contributed by atoms with Gasteiger partial charge in [-0.2, -0.15) is 10.5 Å². The van der Waals surface area contributed by atoms with Crippen molar-refractivity contribution in [2.24, 2.45) is 0 Å². The SMILES string of the molecule is N#CCCN(CCC#N)Cn1nc2sc3ccccc3n2c1=S. The van der Waals surface area contributed by atoms with Gasteiger partial charge in [-0.15, -0.1) is 5.10 Å². The summed E-state index contributed by atoms with van der Waals surface area (Å²) in [4.78, 5) is 2.89. The monoisotopic (exact) mass is 342 g/mol. The molecule has 0 saturated carbocycles. The van der Waals surface area contributed by atoms with Crippen LogP contribution in [0.1, 0.15) is 12.8 Å². The average Bonchev–Trinajstić information content (AvgIpc) is 3.07. The van der Waals surface area contributed by atoms with Crippen LogP contribution in [0.5, 0.6) is 0 Å². The summed E-state index contributed by atoms with van der Waals surface area (Å²) < 4.78 is 5.53. The zero-order valence-electron chi connectivity index (χ0n) is 12.3. The number of fused-ring (bicyclic) bond motifs is 3. The first-order valence-electron chi connectivity index (χ1n) is 7.18. The molecule has 0 unspecified atom stereocenters. The van der Waals surface area contributed by atoms with E-state index >= 15 is 0 Å². The molecule has 0 atom stereocenters. The Bertz CT molecular complexity index is 950. The minimum atomic E-state index is 0.421. The number of nitrogens with zero attached hydrogens (tertiary/aromatic N) is 6. The molecule has 0 aliphatic carbocycles. The van der Waals surface area contributed by atoms with Gasteiger partial charge in [0.15, 0.2) is 0 Å². The third-order valence-electron chi connectivity index (χ3n) is 3.53. The second kappa shape index (κ2) is 6.88. The Morgan fingerprint density at radius 3 is 2.57 bits per heavy atom. The first-order chi connectivity index (χ1) is 11.2. The molecule has 8 heteroatoms. The molecule has 0 spiro atoms. The lowest BCUT2D eigenvalue weighted by Gasteiger charge is -2.19. The van der Waals surface area contributed by atoms with Gasteiger partial charge in [0.2, 0.25) is 9.73 Å². The van der Waals surface area contributed by atoms with Gasteiger partial charge < -0.3 is 0 Å². The van der Waals surface area contributed by atoms with Crippen LogP contribution in [0.2, 0.25) is 0 Å². The summed E-state index contributed by atoms with van der Waals surface area (Å²) in [6.45, 7) is 1.70. The number of thiazole rings is 1. The maximum atomic E-state index is 8.77. The Kier molecular flexibility index (Phi) is 4.68. The number of hydrogen-bond donors (Lipinski definition) is 0. The highest BCUT2D eigenvalue weighted by Gasteiger charge is 2.13. The molecule has 0 N–H and O–H groups in total. The van der Waals surface area contributed by atoms with Gasteiger partial charge >= 0.3 is 0 Å². The lowest BCUT2D eigenvalue weighted by atomic mass is 10.3. The van der Waals surface area contributed by atoms with Crippen molar-refractivity contribution in [1.82, 2.24) is 19.1 Å². The molecule has 0 bridgehead atoms. The van der Waals surface area contributed by atoms with E-state index in [2.05, 4.69) is 23.3 Å². The molecule has 2 aromatic heterocycles. The van der Waals surface area contributed by atoms with Crippen molar-refractivity contribution in [3.8, 4) is 12.1 Å². The van der Waals surface area contributed by atoms with Crippen molar-refractivity contribution in [2.45, 2.75) is 19.5 Å². The molecule has 0 fully saturated rings. The van der Waals surface area contributed by atoms with Gasteiger partial charge in [0.1, 0.15) is 0 Å². The number of para-hydroxylation sites is 1. The minimum Gasteiger partial charge on any atom is -0.282 e. The zero-order valence-corrected chi connectivity index (χ0v) is 14.0. The summed E-state index contributed by atoms with van der Waals surface area (Å²) in [6, 6.07) is 12.3. The van der Waals surface area contributed by atoms with Crippen LogP contribution >= 0.6 is 23.6 Å². The molecule has 0 amide bonds. The lowest BCUT2D eigenvalue weighted by molar-refractivity contribution is 0.215. The second-order valence-electron chi connectivity index (χ2n) is 5.05. The van der Waals surface area contributed by atoms with E-state index in [1.54, 1.807) is 16.0 Å². The maximum absolute atomic E-state index is 8.77. The zero-order chi connectivity index (χ0) is 16.2. The highest BCUT2D eigenvalue weighted by molar-refractivity contribution is 7.71. The van der Waals surface area contributed by atoms with E-state index in [9.17, 15) is 0 Å². The Labute approximate surface area is 142 Å². The minimum absolute atomic E-state index is 0.421. The van der Waals surface area contributed by atoms with E-state index in [0.29, 0.717) is 37.4 Å². The first-order valence-corrected chi connectivity index (χ1v) is 8.40. The van der Waals surface area contributed by atoms with Crippen LogP contribution in [0.15, 0.2) is 24.3 Å². The number of hydrogen-bond acceptors (Lipinski definition) is 6. The smallest absolute Gasteiger partial charge is 0.216 e. The molecular formula is C15H14N6S2. The highest BCUT2D eigenvalue weighted by atomic mass is 32.1. The van der Waals surface area contributed by atoms with E-state index in [-0.39, 0.29) is 0 Å². The molecule has 0 saturated heterocycles. The normalized spacial score (nSPS) is 11.1. The van der Waals surface area contributed by atoms with Gasteiger partial charge in [0.05, 0.1) is 29.0 Å². The van der Waals surface area contributed by atoms with Crippen molar-refractivity contribution in [3.05, 3.63) is 29.0 Å². The van der Waals surface area contributed by atoms with Gasteiger partial charge in [-0.1, -0.05) is 23.5 Å². The fourth-order valence-corrected chi connectivity index (χ4v) is 3.80. The van der Waals surface area contributed by atoms with Gasteiger partial charge in [-0.25, -0.2) is 4.68 Å².